The lowest BCUT2D eigenvalue weighted by molar-refractivity contribution is -0.131. The van der Waals surface area contributed by atoms with Gasteiger partial charge in [0.2, 0.25) is 11.8 Å². The third-order valence-corrected chi connectivity index (χ3v) is 7.04. The van der Waals surface area contributed by atoms with E-state index in [4.69, 9.17) is 0 Å². The first-order valence-electron chi connectivity index (χ1n) is 10.7. The summed E-state index contributed by atoms with van der Waals surface area (Å²) in [6.07, 6.45) is 1.43. The molecule has 8 nitrogen and oxygen atoms in total. The van der Waals surface area contributed by atoms with Gasteiger partial charge in [0.05, 0.1) is 4.90 Å². The van der Waals surface area contributed by atoms with Crippen molar-refractivity contribution < 1.29 is 22.8 Å². The number of amides is 2. The number of aromatic nitrogens is 1. The number of ketones is 1. The van der Waals surface area contributed by atoms with E-state index >= 15 is 0 Å². The van der Waals surface area contributed by atoms with E-state index < -0.39 is 21.5 Å². The van der Waals surface area contributed by atoms with Gasteiger partial charge in [-0.05, 0) is 51.1 Å². The van der Waals surface area contributed by atoms with Crippen LogP contribution in [0.2, 0.25) is 0 Å². The SMILES string of the molecule is CCN(CC)C(=O)Cn1cc(S(=O)(=O)CC(=O)Nc2ccc(C(C)=O)cc2)c2ccccc21. The molecule has 1 heterocycles. The molecule has 9 heteroatoms. The molecule has 2 amide bonds. The van der Waals surface area contributed by atoms with Crippen molar-refractivity contribution in [3.05, 3.63) is 60.3 Å². The molecule has 0 aliphatic heterocycles. The molecule has 0 saturated heterocycles. The Labute approximate surface area is 193 Å². The van der Waals surface area contributed by atoms with Gasteiger partial charge in [0.15, 0.2) is 15.6 Å². The van der Waals surface area contributed by atoms with Crippen molar-refractivity contribution in [3.8, 4) is 0 Å². The number of fused-ring (bicyclic) bond motifs is 1. The van der Waals surface area contributed by atoms with Crippen LogP contribution < -0.4 is 5.32 Å². The summed E-state index contributed by atoms with van der Waals surface area (Å²) in [5.74, 6) is -1.66. The molecular formula is C24H27N3O5S. The number of likely N-dealkylation sites (N-methyl/N-ethyl adjacent to an activating group) is 1. The van der Waals surface area contributed by atoms with Gasteiger partial charge in [-0.25, -0.2) is 8.42 Å². The Morgan fingerprint density at radius 3 is 2.21 bits per heavy atom. The topological polar surface area (TPSA) is 106 Å². The summed E-state index contributed by atoms with van der Waals surface area (Å²) in [6.45, 7) is 6.34. The molecular weight excluding hydrogens is 442 g/mol. The molecule has 0 saturated carbocycles. The highest BCUT2D eigenvalue weighted by Gasteiger charge is 2.25. The van der Waals surface area contributed by atoms with Gasteiger partial charge in [0.25, 0.3) is 0 Å². The molecule has 0 unspecified atom stereocenters. The summed E-state index contributed by atoms with van der Waals surface area (Å²) in [7, 11) is -3.99. The van der Waals surface area contributed by atoms with Gasteiger partial charge in [-0.3, -0.25) is 14.4 Å². The molecule has 0 aliphatic carbocycles. The number of hydrogen-bond donors (Lipinski definition) is 1. The highest BCUT2D eigenvalue weighted by Crippen LogP contribution is 2.26. The van der Waals surface area contributed by atoms with Crippen molar-refractivity contribution in [1.29, 1.82) is 0 Å². The summed E-state index contributed by atoms with van der Waals surface area (Å²) in [6, 6.07) is 13.1. The molecule has 1 aromatic heterocycles. The maximum absolute atomic E-state index is 13.1. The Morgan fingerprint density at radius 1 is 0.970 bits per heavy atom. The number of carbonyl (C=O) groups is 3. The summed E-state index contributed by atoms with van der Waals surface area (Å²) < 4.78 is 27.9. The fraction of sp³-hybridized carbons (Fsp3) is 0.292. The average Bonchev–Trinajstić information content (AvgIpc) is 3.14. The van der Waals surface area contributed by atoms with E-state index in [1.165, 1.54) is 13.1 Å². The second-order valence-electron chi connectivity index (χ2n) is 7.65. The van der Waals surface area contributed by atoms with Crippen molar-refractivity contribution in [2.24, 2.45) is 0 Å². The minimum atomic E-state index is -3.99. The Bertz CT molecular complexity index is 1290. The van der Waals surface area contributed by atoms with Crippen LogP contribution in [0, 0.1) is 0 Å². The van der Waals surface area contributed by atoms with Crippen LogP contribution in [0.4, 0.5) is 5.69 Å². The second kappa shape index (κ2) is 9.99. The van der Waals surface area contributed by atoms with Crippen molar-refractivity contribution in [3.63, 3.8) is 0 Å². The Morgan fingerprint density at radius 2 is 1.61 bits per heavy atom. The predicted octanol–water partition coefficient (Wildman–Crippen LogP) is 3.12. The minimum Gasteiger partial charge on any atom is -0.342 e. The molecule has 0 radical (unpaired) electrons. The lowest BCUT2D eigenvalue weighted by atomic mass is 10.1. The zero-order valence-electron chi connectivity index (χ0n) is 18.9. The third-order valence-electron chi connectivity index (χ3n) is 5.41. The Hall–Kier alpha value is -3.46. The Balaban J connectivity index is 1.84. The molecule has 0 spiro atoms. The predicted molar refractivity (Wildman–Crippen MR) is 127 cm³/mol. The quantitative estimate of drug-likeness (QED) is 0.485. The van der Waals surface area contributed by atoms with E-state index in [0.717, 1.165) is 0 Å². The zero-order valence-corrected chi connectivity index (χ0v) is 19.7. The molecule has 0 aliphatic rings. The van der Waals surface area contributed by atoms with E-state index in [9.17, 15) is 22.8 Å². The smallest absolute Gasteiger partial charge is 0.242 e. The monoisotopic (exact) mass is 469 g/mol. The molecule has 1 N–H and O–H groups in total. The Kier molecular flexibility index (Phi) is 7.33. The lowest BCUT2D eigenvalue weighted by Gasteiger charge is -2.19. The maximum Gasteiger partial charge on any atom is 0.242 e. The number of nitrogens with one attached hydrogen (secondary N) is 1. The first-order valence-corrected chi connectivity index (χ1v) is 12.3. The van der Waals surface area contributed by atoms with E-state index in [1.54, 1.807) is 58.0 Å². The average molecular weight is 470 g/mol. The number of sulfone groups is 1. The molecule has 3 rings (SSSR count). The second-order valence-corrected chi connectivity index (χ2v) is 9.60. The highest BCUT2D eigenvalue weighted by atomic mass is 32.2. The highest BCUT2D eigenvalue weighted by molar-refractivity contribution is 7.92. The molecule has 0 atom stereocenters. The van der Waals surface area contributed by atoms with Crippen LogP contribution in [-0.2, 0) is 26.0 Å². The molecule has 2 aromatic carbocycles. The number of anilines is 1. The normalized spacial score (nSPS) is 11.4. The van der Waals surface area contributed by atoms with E-state index in [0.29, 0.717) is 35.2 Å². The number of hydrogen-bond acceptors (Lipinski definition) is 5. The number of Topliss-reactive ketones (excluding diaryl/α,β-unsaturated/α-hetero) is 1. The molecule has 0 bridgehead atoms. The van der Waals surface area contributed by atoms with Crippen LogP contribution in [-0.4, -0.2) is 54.3 Å². The van der Waals surface area contributed by atoms with Crippen LogP contribution >= 0.6 is 0 Å². The van der Waals surface area contributed by atoms with Crippen LogP contribution in [0.25, 0.3) is 10.9 Å². The van der Waals surface area contributed by atoms with Gasteiger partial charge in [-0.2, -0.15) is 0 Å². The largest absolute Gasteiger partial charge is 0.342 e. The van der Waals surface area contributed by atoms with Gasteiger partial charge in [-0.15, -0.1) is 0 Å². The summed E-state index contributed by atoms with van der Waals surface area (Å²) in [5, 5.41) is 3.02. The first-order chi connectivity index (χ1) is 15.7. The third kappa shape index (κ3) is 5.48. The zero-order chi connectivity index (χ0) is 24.2. The van der Waals surface area contributed by atoms with Crippen LogP contribution in [0.5, 0.6) is 0 Å². The number of benzene rings is 2. The van der Waals surface area contributed by atoms with Crippen LogP contribution in [0.1, 0.15) is 31.1 Å². The number of carbonyl (C=O) groups excluding carboxylic acids is 3. The summed E-state index contributed by atoms with van der Waals surface area (Å²) in [4.78, 5) is 38.1. The van der Waals surface area contributed by atoms with Gasteiger partial charge < -0.3 is 14.8 Å². The lowest BCUT2D eigenvalue weighted by Crippen LogP contribution is -2.33. The van der Waals surface area contributed by atoms with Crippen molar-refractivity contribution >= 4 is 44.0 Å². The minimum absolute atomic E-state index is 0.00636. The molecule has 0 fully saturated rings. The van der Waals surface area contributed by atoms with Crippen molar-refractivity contribution in [2.45, 2.75) is 32.2 Å². The molecule has 33 heavy (non-hydrogen) atoms. The fourth-order valence-corrected chi connectivity index (χ4v) is 5.02. The van der Waals surface area contributed by atoms with Gasteiger partial charge in [0.1, 0.15) is 12.3 Å². The number of para-hydroxylation sites is 1. The van der Waals surface area contributed by atoms with E-state index in [2.05, 4.69) is 5.32 Å². The van der Waals surface area contributed by atoms with Gasteiger partial charge in [-0.1, -0.05) is 18.2 Å². The van der Waals surface area contributed by atoms with E-state index in [1.807, 2.05) is 13.8 Å². The van der Waals surface area contributed by atoms with Gasteiger partial charge >= 0.3 is 0 Å². The number of nitrogens with zero attached hydrogens (tertiary/aromatic N) is 2. The van der Waals surface area contributed by atoms with Gasteiger partial charge in [0, 0.05) is 41.4 Å². The molecule has 3 aromatic rings. The first kappa shape index (κ1) is 24.2. The maximum atomic E-state index is 13.1. The number of rotatable bonds is 9. The fourth-order valence-electron chi connectivity index (χ4n) is 3.65. The summed E-state index contributed by atoms with van der Waals surface area (Å²) >= 11 is 0. The standard InChI is InChI=1S/C24H27N3O5S/c1-4-26(5-2)24(30)15-27-14-22(20-8-6-7-9-21(20)27)33(31,32)16-23(29)25-19-12-10-18(11-13-19)17(3)28/h6-14H,4-5,15-16H2,1-3H3,(H,25,29). The van der Waals surface area contributed by atoms with E-state index in [-0.39, 0.29) is 23.1 Å². The molecule has 174 valence electrons. The van der Waals surface area contributed by atoms with Crippen LogP contribution in [0.15, 0.2) is 59.6 Å². The van der Waals surface area contributed by atoms with Crippen LogP contribution in [0.3, 0.4) is 0 Å². The van der Waals surface area contributed by atoms with Crippen molar-refractivity contribution in [1.82, 2.24) is 9.47 Å². The summed E-state index contributed by atoms with van der Waals surface area (Å²) in [5.41, 5.74) is 1.50. The van der Waals surface area contributed by atoms with Crippen molar-refractivity contribution in [2.75, 3.05) is 24.2 Å².